The number of anilines is 1. The Kier molecular flexibility index (Phi) is 4.27. The zero-order valence-corrected chi connectivity index (χ0v) is 12.6. The van der Waals surface area contributed by atoms with E-state index in [1.54, 1.807) is 0 Å². The van der Waals surface area contributed by atoms with Crippen LogP contribution in [0.5, 0.6) is 0 Å². The topological polar surface area (TPSA) is 32.5 Å². The van der Waals surface area contributed by atoms with Crippen molar-refractivity contribution in [3.05, 3.63) is 29.8 Å². The molecular formula is C17H27N3. The molecule has 0 bridgehead atoms. The molecule has 1 aromatic carbocycles. The van der Waals surface area contributed by atoms with Crippen molar-refractivity contribution in [2.45, 2.75) is 44.7 Å². The number of fused-ring (bicyclic) bond motifs is 1. The van der Waals surface area contributed by atoms with Crippen molar-refractivity contribution in [1.82, 2.24) is 4.90 Å². The maximum absolute atomic E-state index is 6.00. The summed E-state index contributed by atoms with van der Waals surface area (Å²) < 4.78 is 0. The molecule has 110 valence electrons. The van der Waals surface area contributed by atoms with Crippen LogP contribution in [0.3, 0.4) is 0 Å². The Morgan fingerprint density at radius 3 is 2.90 bits per heavy atom. The summed E-state index contributed by atoms with van der Waals surface area (Å²) >= 11 is 0. The summed E-state index contributed by atoms with van der Waals surface area (Å²) in [7, 11) is 0. The lowest BCUT2D eigenvalue weighted by Crippen LogP contribution is -2.55. The van der Waals surface area contributed by atoms with Crippen LogP contribution < -0.4 is 10.6 Å². The smallest absolute Gasteiger partial charge is 0.0400 e. The minimum atomic E-state index is 0.229. The van der Waals surface area contributed by atoms with Crippen molar-refractivity contribution in [2.75, 3.05) is 31.1 Å². The average molecular weight is 273 g/mol. The van der Waals surface area contributed by atoms with Crippen molar-refractivity contribution in [1.29, 1.82) is 0 Å². The fourth-order valence-corrected chi connectivity index (χ4v) is 3.71. The first-order valence-corrected chi connectivity index (χ1v) is 8.06. The SMILES string of the molecule is CC(N)Cc1ccccc1N1CCN2CCCCC2C1. The molecule has 0 radical (unpaired) electrons. The molecule has 0 saturated carbocycles. The van der Waals surface area contributed by atoms with Crippen LogP contribution in [-0.2, 0) is 6.42 Å². The van der Waals surface area contributed by atoms with Gasteiger partial charge < -0.3 is 10.6 Å². The van der Waals surface area contributed by atoms with Crippen molar-refractivity contribution >= 4 is 5.69 Å². The van der Waals surface area contributed by atoms with E-state index in [0.717, 1.165) is 19.0 Å². The zero-order valence-electron chi connectivity index (χ0n) is 12.6. The highest BCUT2D eigenvalue weighted by molar-refractivity contribution is 5.54. The molecule has 0 amide bonds. The van der Waals surface area contributed by atoms with E-state index in [0.29, 0.717) is 0 Å². The molecule has 2 aliphatic rings. The molecule has 2 saturated heterocycles. The van der Waals surface area contributed by atoms with Gasteiger partial charge >= 0.3 is 0 Å². The first kappa shape index (κ1) is 13.9. The summed E-state index contributed by atoms with van der Waals surface area (Å²) in [5.74, 6) is 0. The Morgan fingerprint density at radius 2 is 2.05 bits per heavy atom. The van der Waals surface area contributed by atoms with E-state index in [2.05, 4.69) is 41.0 Å². The number of benzene rings is 1. The molecule has 3 rings (SSSR count). The molecule has 2 aliphatic heterocycles. The van der Waals surface area contributed by atoms with Crippen LogP contribution in [0.25, 0.3) is 0 Å². The van der Waals surface area contributed by atoms with Crippen LogP contribution in [0.15, 0.2) is 24.3 Å². The Bertz CT molecular complexity index is 444. The third-order valence-corrected chi connectivity index (χ3v) is 4.71. The van der Waals surface area contributed by atoms with Crippen LogP contribution in [-0.4, -0.2) is 43.2 Å². The molecule has 0 aliphatic carbocycles. The van der Waals surface area contributed by atoms with Crippen molar-refractivity contribution in [3.8, 4) is 0 Å². The van der Waals surface area contributed by atoms with E-state index in [1.807, 2.05) is 0 Å². The van der Waals surface area contributed by atoms with E-state index in [1.165, 1.54) is 50.1 Å². The van der Waals surface area contributed by atoms with Gasteiger partial charge in [0.15, 0.2) is 0 Å². The maximum atomic E-state index is 6.00. The highest BCUT2D eigenvalue weighted by Gasteiger charge is 2.29. The lowest BCUT2D eigenvalue weighted by Gasteiger charge is -2.45. The van der Waals surface area contributed by atoms with Crippen LogP contribution in [0.2, 0.25) is 0 Å². The summed E-state index contributed by atoms with van der Waals surface area (Å²) in [6.45, 7) is 6.97. The fraction of sp³-hybridized carbons (Fsp3) is 0.647. The normalized spacial score (nSPS) is 25.3. The summed E-state index contributed by atoms with van der Waals surface area (Å²) in [5, 5.41) is 0. The molecular weight excluding hydrogens is 246 g/mol. The first-order chi connectivity index (χ1) is 9.74. The summed E-state index contributed by atoms with van der Waals surface area (Å²) in [4.78, 5) is 5.28. The molecule has 2 fully saturated rings. The fourth-order valence-electron chi connectivity index (χ4n) is 3.71. The third-order valence-electron chi connectivity index (χ3n) is 4.71. The van der Waals surface area contributed by atoms with Gasteiger partial charge in [-0.3, -0.25) is 4.90 Å². The summed E-state index contributed by atoms with van der Waals surface area (Å²) in [6, 6.07) is 9.81. The lowest BCUT2D eigenvalue weighted by molar-refractivity contribution is 0.133. The van der Waals surface area contributed by atoms with Crippen LogP contribution >= 0.6 is 0 Å². The minimum Gasteiger partial charge on any atom is -0.368 e. The van der Waals surface area contributed by atoms with Crippen molar-refractivity contribution < 1.29 is 0 Å². The molecule has 0 spiro atoms. The predicted molar refractivity (Wildman–Crippen MR) is 85.2 cm³/mol. The van der Waals surface area contributed by atoms with E-state index in [9.17, 15) is 0 Å². The first-order valence-electron chi connectivity index (χ1n) is 8.06. The van der Waals surface area contributed by atoms with Gasteiger partial charge in [-0.15, -0.1) is 0 Å². The molecule has 1 aromatic rings. The van der Waals surface area contributed by atoms with Gasteiger partial charge in [0, 0.05) is 37.4 Å². The highest BCUT2D eigenvalue weighted by Crippen LogP contribution is 2.27. The molecule has 2 N–H and O–H groups in total. The minimum absolute atomic E-state index is 0.229. The molecule has 2 atom stereocenters. The second kappa shape index (κ2) is 6.15. The van der Waals surface area contributed by atoms with Crippen LogP contribution in [0, 0.1) is 0 Å². The van der Waals surface area contributed by atoms with Crippen molar-refractivity contribution in [3.63, 3.8) is 0 Å². The van der Waals surface area contributed by atoms with Gasteiger partial charge in [0.05, 0.1) is 0 Å². The van der Waals surface area contributed by atoms with E-state index in [4.69, 9.17) is 5.73 Å². The van der Waals surface area contributed by atoms with Gasteiger partial charge in [-0.2, -0.15) is 0 Å². The number of rotatable bonds is 3. The number of piperidine rings is 1. The van der Waals surface area contributed by atoms with E-state index in [-0.39, 0.29) is 6.04 Å². The molecule has 3 nitrogen and oxygen atoms in total. The zero-order chi connectivity index (χ0) is 13.9. The van der Waals surface area contributed by atoms with Gasteiger partial charge in [-0.1, -0.05) is 24.6 Å². The van der Waals surface area contributed by atoms with Crippen molar-refractivity contribution in [2.24, 2.45) is 5.73 Å². The van der Waals surface area contributed by atoms with Gasteiger partial charge in [-0.25, -0.2) is 0 Å². The standard InChI is InChI=1S/C17H27N3/c1-14(18)12-15-6-2-3-8-17(15)20-11-10-19-9-5-4-7-16(19)13-20/h2-3,6,8,14,16H,4-5,7,9-13,18H2,1H3. The maximum Gasteiger partial charge on any atom is 0.0400 e. The van der Waals surface area contributed by atoms with E-state index >= 15 is 0 Å². The van der Waals surface area contributed by atoms with Crippen LogP contribution in [0.1, 0.15) is 31.7 Å². The number of nitrogens with two attached hydrogens (primary N) is 1. The largest absolute Gasteiger partial charge is 0.368 e. The average Bonchev–Trinajstić information content (AvgIpc) is 2.47. The van der Waals surface area contributed by atoms with Gasteiger partial charge in [-0.05, 0) is 44.4 Å². The second-order valence-electron chi connectivity index (χ2n) is 6.44. The molecule has 20 heavy (non-hydrogen) atoms. The summed E-state index contributed by atoms with van der Waals surface area (Å²) in [5.41, 5.74) is 8.82. The number of para-hydroxylation sites is 1. The number of nitrogens with zero attached hydrogens (tertiary/aromatic N) is 2. The Hall–Kier alpha value is -1.06. The third kappa shape index (κ3) is 2.99. The predicted octanol–water partition coefficient (Wildman–Crippen LogP) is 2.25. The number of hydrogen-bond donors (Lipinski definition) is 1. The number of piperazine rings is 1. The summed E-state index contributed by atoms with van der Waals surface area (Å²) in [6.07, 6.45) is 5.13. The molecule has 3 heteroatoms. The van der Waals surface area contributed by atoms with Gasteiger partial charge in [0.2, 0.25) is 0 Å². The quantitative estimate of drug-likeness (QED) is 0.917. The van der Waals surface area contributed by atoms with Gasteiger partial charge in [0.1, 0.15) is 0 Å². The molecule has 2 heterocycles. The monoisotopic (exact) mass is 273 g/mol. The molecule has 2 unspecified atom stereocenters. The second-order valence-corrected chi connectivity index (χ2v) is 6.44. The van der Waals surface area contributed by atoms with Gasteiger partial charge in [0.25, 0.3) is 0 Å². The van der Waals surface area contributed by atoms with E-state index < -0.39 is 0 Å². The van der Waals surface area contributed by atoms with Crippen LogP contribution in [0.4, 0.5) is 5.69 Å². The Balaban J connectivity index is 1.76. The highest BCUT2D eigenvalue weighted by atomic mass is 15.3. The lowest BCUT2D eigenvalue weighted by atomic mass is 9.98. The Morgan fingerprint density at radius 1 is 1.20 bits per heavy atom. The Labute approximate surface area is 122 Å². The number of hydrogen-bond acceptors (Lipinski definition) is 3. The molecule has 0 aromatic heterocycles.